The molecular weight excluding hydrogens is 312 g/mol. The molecule has 23 heavy (non-hydrogen) atoms. The summed E-state index contributed by atoms with van der Waals surface area (Å²) in [5.41, 5.74) is 0. The van der Waals surface area contributed by atoms with E-state index in [1.165, 1.54) is 6.92 Å². The number of hydrogen-bond acceptors (Lipinski definition) is 7. The molecular formula is C13H22N2O8. The Hall–Kier alpha value is -2.17. The van der Waals surface area contributed by atoms with Crippen molar-refractivity contribution in [3.63, 3.8) is 0 Å². The van der Waals surface area contributed by atoms with Crippen LogP contribution in [0.15, 0.2) is 11.8 Å². The number of carbonyl (C=O) groups is 3. The predicted molar refractivity (Wildman–Crippen MR) is 77.3 cm³/mol. The Morgan fingerprint density at radius 1 is 0.913 bits per heavy atom. The predicted octanol–water partition coefficient (Wildman–Crippen LogP) is -2.38. The molecule has 7 N–H and O–H groups in total. The summed E-state index contributed by atoms with van der Waals surface area (Å²) in [5.74, 6) is -4.14. The first kappa shape index (κ1) is 20.8. The van der Waals surface area contributed by atoms with E-state index in [0.29, 0.717) is 6.08 Å². The fourth-order valence-electron chi connectivity index (χ4n) is 1.89. The van der Waals surface area contributed by atoms with Gasteiger partial charge in [0, 0.05) is 13.8 Å². The zero-order chi connectivity index (χ0) is 18.3. The van der Waals surface area contributed by atoms with Crippen molar-refractivity contribution < 1.29 is 39.9 Å². The quantitative estimate of drug-likeness (QED) is 0.190. The molecule has 0 bridgehead atoms. The molecule has 0 heterocycles. The number of rotatable bonds is 8. The number of aliphatic carboxylic acids is 1. The maximum atomic E-state index is 11.2. The van der Waals surface area contributed by atoms with Gasteiger partial charge in [-0.3, -0.25) is 9.59 Å². The minimum absolute atomic E-state index is 0.513. The third-order valence-corrected chi connectivity index (χ3v) is 2.91. The van der Waals surface area contributed by atoms with Gasteiger partial charge in [-0.05, 0) is 13.0 Å². The molecule has 0 aliphatic rings. The third kappa shape index (κ3) is 7.08. The average molecular weight is 334 g/mol. The van der Waals surface area contributed by atoms with Crippen LogP contribution in [0.3, 0.4) is 0 Å². The van der Waals surface area contributed by atoms with Gasteiger partial charge in [0.05, 0.1) is 30.4 Å². The van der Waals surface area contributed by atoms with Gasteiger partial charge in [-0.15, -0.1) is 0 Å². The zero-order valence-electron chi connectivity index (χ0n) is 12.9. The number of nitrogens with one attached hydrogen (secondary N) is 2. The van der Waals surface area contributed by atoms with E-state index in [4.69, 9.17) is 10.2 Å². The van der Waals surface area contributed by atoms with Crippen LogP contribution < -0.4 is 10.6 Å². The van der Waals surface area contributed by atoms with Gasteiger partial charge in [-0.1, -0.05) is 0 Å². The van der Waals surface area contributed by atoms with Crippen molar-refractivity contribution in [2.24, 2.45) is 0 Å². The summed E-state index contributed by atoms with van der Waals surface area (Å²) >= 11 is 0. The second-order valence-electron chi connectivity index (χ2n) is 5.03. The molecule has 0 aromatic heterocycles. The lowest BCUT2D eigenvalue weighted by molar-refractivity contribution is -0.135. The molecule has 0 aromatic rings. The number of carboxylic acid groups (broad SMARTS) is 1. The summed E-state index contributed by atoms with van der Waals surface area (Å²) in [4.78, 5) is 32.9. The first-order chi connectivity index (χ1) is 10.5. The fraction of sp³-hybridized carbons (Fsp3) is 0.615. The highest BCUT2D eigenvalue weighted by molar-refractivity contribution is 5.83. The zero-order valence-corrected chi connectivity index (χ0v) is 12.9. The Morgan fingerprint density at radius 2 is 1.35 bits per heavy atom. The number of aliphatic hydroxyl groups excluding tert-OH is 4. The Morgan fingerprint density at radius 3 is 1.70 bits per heavy atom. The largest absolute Gasteiger partial charge is 0.502 e. The summed E-state index contributed by atoms with van der Waals surface area (Å²) in [6.07, 6.45) is -4.19. The molecule has 0 unspecified atom stereocenters. The minimum atomic E-state index is -1.79. The first-order valence-corrected chi connectivity index (χ1v) is 6.69. The molecule has 0 spiro atoms. The van der Waals surface area contributed by atoms with Crippen molar-refractivity contribution in [3.8, 4) is 0 Å². The Labute approximate surface area is 132 Å². The second-order valence-corrected chi connectivity index (χ2v) is 5.03. The molecule has 0 radical (unpaired) electrons. The summed E-state index contributed by atoms with van der Waals surface area (Å²) in [6, 6.07) is -2.74. The van der Waals surface area contributed by atoms with Gasteiger partial charge in [0.2, 0.25) is 11.8 Å². The van der Waals surface area contributed by atoms with Crippen LogP contribution in [-0.4, -0.2) is 73.7 Å². The minimum Gasteiger partial charge on any atom is -0.502 e. The number of carbonyl (C=O) groups excluding carboxylic acids is 2. The van der Waals surface area contributed by atoms with Crippen molar-refractivity contribution in [3.05, 3.63) is 11.8 Å². The van der Waals surface area contributed by atoms with Crippen molar-refractivity contribution in [2.75, 3.05) is 0 Å². The highest BCUT2D eigenvalue weighted by Gasteiger charge is 2.36. The molecule has 0 saturated heterocycles. The Balaban J connectivity index is 5.50. The highest BCUT2D eigenvalue weighted by Crippen LogP contribution is 2.11. The van der Waals surface area contributed by atoms with Crippen LogP contribution in [0.25, 0.3) is 0 Å². The van der Waals surface area contributed by atoms with Crippen LogP contribution in [0.1, 0.15) is 20.8 Å². The van der Waals surface area contributed by atoms with Crippen LogP contribution in [0.5, 0.6) is 0 Å². The van der Waals surface area contributed by atoms with Crippen LogP contribution in [0.2, 0.25) is 0 Å². The van der Waals surface area contributed by atoms with E-state index >= 15 is 0 Å². The van der Waals surface area contributed by atoms with E-state index in [-0.39, 0.29) is 0 Å². The van der Waals surface area contributed by atoms with E-state index in [0.717, 1.165) is 13.8 Å². The van der Waals surface area contributed by atoms with Gasteiger partial charge in [-0.25, -0.2) is 4.79 Å². The summed E-state index contributed by atoms with van der Waals surface area (Å²) in [7, 11) is 0. The summed E-state index contributed by atoms with van der Waals surface area (Å²) in [5, 5.41) is 52.0. The van der Waals surface area contributed by atoms with Gasteiger partial charge < -0.3 is 36.2 Å². The smallest absolute Gasteiger partial charge is 0.370 e. The van der Waals surface area contributed by atoms with Gasteiger partial charge in [-0.2, -0.15) is 0 Å². The molecule has 10 heteroatoms. The van der Waals surface area contributed by atoms with Crippen LogP contribution in [0, 0.1) is 0 Å². The molecule has 0 fully saturated rings. The normalized spacial score (nSPS) is 18.3. The lowest BCUT2D eigenvalue weighted by Crippen LogP contribution is -2.60. The third-order valence-electron chi connectivity index (χ3n) is 2.91. The average Bonchev–Trinajstić information content (AvgIpc) is 2.40. The maximum Gasteiger partial charge on any atom is 0.370 e. The number of amides is 2. The van der Waals surface area contributed by atoms with Gasteiger partial charge in [0.25, 0.3) is 0 Å². The van der Waals surface area contributed by atoms with Crippen molar-refractivity contribution in [1.82, 2.24) is 10.6 Å². The number of carboxylic acids is 1. The highest BCUT2D eigenvalue weighted by atomic mass is 16.4. The monoisotopic (exact) mass is 334 g/mol. The van der Waals surface area contributed by atoms with Crippen LogP contribution in [0.4, 0.5) is 0 Å². The maximum absolute atomic E-state index is 11.2. The molecule has 0 saturated carbocycles. The standard InChI is InChI=1S/C13H22N2O8/c1-5(16)10(14-6(2)17)12(21)11(15-7(3)18)8(19)4-9(20)13(22)23/h4-5,8,10-12,16,19-21H,1-3H3,(H,14,17)(H,15,18)(H,22,23)/b9-4-/t5-,8-,10-,11-,12+/m1/s1. The van der Waals surface area contributed by atoms with Crippen molar-refractivity contribution in [1.29, 1.82) is 0 Å². The van der Waals surface area contributed by atoms with E-state index in [2.05, 4.69) is 10.6 Å². The first-order valence-electron chi connectivity index (χ1n) is 6.69. The topological polar surface area (TPSA) is 176 Å². The van der Waals surface area contributed by atoms with Crippen LogP contribution in [-0.2, 0) is 14.4 Å². The Bertz CT molecular complexity index is 477. The van der Waals surface area contributed by atoms with E-state index in [1.54, 1.807) is 0 Å². The molecule has 132 valence electrons. The Kier molecular flexibility index (Phi) is 8.22. The van der Waals surface area contributed by atoms with Crippen molar-refractivity contribution in [2.45, 2.75) is 51.2 Å². The molecule has 0 rings (SSSR count). The molecule has 0 aliphatic heterocycles. The van der Waals surface area contributed by atoms with E-state index < -0.39 is 53.9 Å². The van der Waals surface area contributed by atoms with E-state index in [1.807, 2.05) is 0 Å². The fourth-order valence-corrected chi connectivity index (χ4v) is 1.89. The molecule has 0 aliphatic carbocycles. The van der Waals surface area contributed by atoms with Gasteiger partial charge in [0.15, 0.2) is 5.76 Å². The molecule has 10 nitrogen and oxygen atoms in total. The summed E-state index contributed by atoms with van der Waals surface area (Å²) in [6.45, 7) is 3.50. The van der Waals surface area contributed by atoms with Crippen molar-refractivity contribution >= 4 is 17.8 Å². The lowest BCUT2D eigenvalue weighted by atomic mass is 9.94. The molecule has 5 atom stereocenters. The number of aliphatic hydroxyl groups is 4. The molecule has 2 amide bonds. The molecule has 0 aromatic carbocycles. The SMILES string of the molecule is CC(=O)N[C@@H]([C@@H](O)[C@H](NC(C)=O)[C@@H](C)O)[C@H](O)/C=C(\O)C(=O)O. The van der Waals surface area contributed by atoms with Gasteiger partial charge >= 0.3 is 5.97 Å². The van der Waals surface area contributed by atoms with Gasteiger partial charge in [0.1, 0.15) is 0 Å². The number of hydrogen-bond donors (Lipinski definition) is 7. The lowest BCUT2D eigenvalue weighted by Gasteiger charge is -2.33. The summed E-state index contributed by atoms with van der Waals surface area (Å²) < 4.78 is 0. The second kappa shape index (κ2) is 9.08. The van der Waals surface area contributed by atoms with E-state index in [9.17, 15) is 29.7 Å². The van der Waals surface area contributed by atoms with Crippen LogP contribution >= 0.6 is 0 Å².